The van der Waals surface area contributed by atoms with E-state index in [0.717, 1.165) is 30.8 Å². The SMILES string of the molecule is COc1ccc2c(c1)CCc1cc(OC)ccc1C2CCC(C)=O. The molecule has 0 unspecified atom stereocenters. The largest absolute Gasteiger partial charge is 0.497 e. The first-order valence-corrected chi connectivity index (χ1v) is 8.45. The van der Waals surface area contributed by atoms with E-state index in [0.29, 0.717) is 6.42 Å². The number of benzene rings is 2. The zero-order valence-electron chi connectivity index (χ0n) is 14.6. The fraction of sp³-hybridized carbons (Fsp3) is 0.381. The minimum Gasteiger partial charge on any atom is -0.497 e. The molecule has 0 spiro atoms. The molecule has 0 aliphatic heterocycles. The average molecular weight is 324 g/mol. The fourth-order valence-electron chi connectivity index (χ4n) is 3.63. The topological polar surface area (TPSA) is 35.5 Å². The van der Waals surface area contributed by atoms with Gasteiger partial charge in [-0.2, -0.15) is 0 Å². The molecule has 126 valence electrons. The van der Waals surface area contributed by atoms with Crippen LogP contribution in [0.4, 0.5) is 0 Å². The zero-order chi connectivity index (χ0) is 17.1. The predicted octanol–water partition coefficient (Wildman–Crippen LogP) is 4.30. The smallest absolute Gasteiger partial charge is 0.129 e. The van der Waals surface area contributed by atoms with Gasteiger partial charge >= 0.3 is 0 Å². The number of rotatable bonds is 5. The Morgan fingerprint density at radius 3 is 1.88 bits per heavy atom. The van der Waals surface area contributed by atoms with Crippen LogP contribution in [0.25, 0.3) is 0 Å². The summed E-state index contributed by atoms with van der Waals surface area (Å²) < 4.78 is 10.8. The second kappa shape index (κ2) is 7.08. The van der Waals surface area contributed by atoms with Crippen molar-refractivity contribution in [3.8, 4) is 11.5 Å². The molecule has 0 bridgehead atoms. The molecule has 0 fully saturated rings. The van der Waals surface area contributed by atoms with Crippen LogP contribution >= 0.6 is 0 Å². The molecule has 2 aromatic rings. The Morgan fingerprint density at radius 2 is 1.46 bits per heavy atom. The van der Waals surface area contributed by atoms with E-state index in [1.807, 2.05) is 12.1 Å². The van der Waals surface area contributed by atoms with E-state index in [1.54, 1.807) is 21.1 Å². The monoisotopic (exact) mass is 324 g/mol. The number of hydrogen-bond donors (Lipinski definition) is 0. The number of methoxy groups -OCH3 is 2. The van der Waals surface area contributed by atoms with E-state index in [-0.39, 0.29) is 11.7 Å². The second-order valence-corrected chi connectivity index (χ2v) is 6.42. The Labute approximate surface area is 143 Å². The lowest BCUT2D eigenvalue weighted by molar-refractivity contribution is -0.117. The van der Waals surface area contributed by atoms with Crippen LogP contribution in [0, 0.1) is 0 Å². The Balaban J connectivity index is 2.07. The van der Waals surface area contributed by atoms with E-state index >= 15 is 0 Å². The number of aryl methyl sites for hydroxylation is 2. The molecule has 3 nitrogen and oxygen atoms in total. The molecule has 0 saturated carbocycles. The molecule has 1 aliphatic carbocycles. The van der Waals surface area contributed by atoms with Gasteiger partial charge in [0.2, 0.25) is 0 Å². The van der Waals surface area contributed by atoms with Crippen molar-refractivity contribution in [3.63, 3.8) is 0 Å². The Bertz CT molecular complexity index is 693. The molecule has 0 radical (unpaired) electrons. The third kappa shape index (κ3) is 3.30. The lowest BCUT2D eigenvalue weighted by Gasteiger charge is -2.21. The zero-order valence-corrected chi connectivity index (χ0v) is 14.6. The van der Waals surface area contributed by atoms with Crippen molar-refractivity contribution in [2.75, 3.05) is 14.2 Å². The van der Waals surface area contributed by atoms with Crippen LogP contribution in [-0.4, -0.2) is 20.0 Å². The third-order valence-electron chi connectivity index (χ3n) is 4.90. The van der Waals surface area contributed by atoms with E-state index in [4.69, 9.17) is 9.47 Å². The van der Waals surface area contributed by atoms with Crippen LogP contribution in [-0.2, 0) is 17.6 Å². The summed E-state index contributed by atoms with van der Waals surface area (Å²) in [4.78, 5) is 11.6. The molecule has 0 N–H and O–H groups in total. The Hall–Kier alpha value is -2.29. The summed E-state index contributed by atoms with van der Waals surface area (Å²) in [5, 5.41) is 0. The van der Waals surface area contributed by atoms with Gasteiger partial charge in [-0.15, -0.1) is 0 Å². The number of ether oxygens (including phenoxy) is 2. The molecule has 24 heavy (non-hydrogen) atoms. The summed E-state index contributed by atoms with van der Waals surface area (Å²) in [5.41, 5.74) is 5.28. The van der Waals surface area contributed by atoms with E-state index < -0.39 is 0 Å². The molecule has 2 aromatic carbocycles. The molecule has 1 aliphatic rings. The summed E-state index contributed by atoms with van der Waals surface area (Å²) in [6.45, 7) is 1.67. The fourth-order valence-corrected chi connectivity index (χ4v) is 3.63. The van der Waals surface area contributed by atoms with Gasteiger partial charge < -0.3 is 14.3 Å². The van der Waals surface area contributed by atoms with Crippen LogP contribution in [0.15, 0.2) is 36.4 Å². The first-order chi connectivity index (χ1) is 11.6. The number of Topliss-reactive ketones (excluding diaryl/α,β-unsaturated/α-hetero) is 1. The first-order valence-electron chi connectivity index (χ1n) is 8.45. The van der Waals surface area contributed by atoms with Gasteiger partial charge in [0.1, 0.15) is 17.3 Å². The van der Waals surface area contributed by atoms with Crippen molar-refractivity contribution in [3.05, 3.63) is 58.7 Å². The molecule has 0 aromatic heterocycles. The molecule has 3 heteroatoms. The van der Waals surface area contributed by atoms with Crippen molar-refractivity contribution in [2.24, 2.45) is 0 Å². The molecular weight excluding hydrogens is 300 g/mol. The van der Waals surface area contributed by atoms with Crippen LogP contribution in [0.2, 0.25) is 0 Å². The maximum atomic E-state index is 11.6. The molecule has 0 amide bonds. The average Bonchev–Trinajstić information content (AvgIpc) is 2.75. The maximum absolute atomic E-state index is 11.6. The van der Waals surface area contributed by atoms with E-state index in [9.17, 15) is 4.79 Å². The van der Waals surface area contributed by atoms with Crippen molar-refractivity contribution in [2.45, 2.75) is 38.5 Å². The van der Waals surface area contributed by atoms with E-state index in [2.05, 4.69) is 24.3 Å². The van der Waals surface area contributed by atoms with Crippen LogP contribution < -0.4 is 9.47 Å². The molecule has 0 atom stereocenters. The molecule has 3 rings (SSSR count). The number of carbonyl (C=O) groups is 1. The Kier molecular flexibility index (Phi) is 4.89. The summed E-state index contributed by atoms with van der Waals surface area (Å²) in [7, 11) is 3.40. The Morgan fingerprint density at radius 1 is 0.958 bits per heavy atom. The number of fused-ring (bicyclic) bond motifs is 2. The third-order valence-corrected chi connectivity index (χ3v) is 4.90. The summed E-state index contributed by atoms with van der Waals surface area (Å²) >= 11 is 0. The number of hydrogen-bond acceptors (Lipinski definition) is 3. The summed E-state index contributed by atoms with van der Waals surface area (Å²) in [6.07, 6.45) is 3.39. The van der Waals surface area contributed by atoms with Crippen LogP contribution in [0.3, 0.4) is 0 Å². The summed E-state index contributed by atoms with van der Waals surface area (Å²) in [6, 6.07) is 12.7. The highest BCUT2D eigenvalue weighted by Gasteiger charge is 2.24. The van der Waals surface area contributed by atoms with Gasteiger partial charge in [-0.1, -0.05) is 12.1 Å². The van der Waals surface area contributed by atoms with Gasteiger partial charge in [0.05, 0.1) is 14.2 Å². The van der Waals surface area contributed by atoms with Crippen LogP contribution in [0.1, 0.15) is 47.9 Å². The lowest BCUT2D eigenvalue weighted by atomic mass is 9.84. The highest BCUT2D eigenvalue weighted by Crippen LogP contribution is 2.39. The van der Waals surface area contributed by atoms with Crippen molar-refractivity contribution >= 4 is 5.78 Å². The predicted molar refractivity (Wildman–Crippen MR) is 95.2 cm³/mol. The normalized spacial score (nSPS) is 13.6. The number of ketones is 1. The quantitative estimate of drug-likeness (QED) is 0.822. The van der Waals surface area contributed by atoms with Gasteiger partial charge in [-0.3, -0.25) is 0 Å². The first kappa shape index (κ1) is 16.6. The lowest BCUT2D eigenvalue weighted by Crippen LogP contribution is -2.06. The molecule has 0 saturated heterocycles. The van der Waals surface area contributed by atoms with Crippen molar-refractivity contribution in [1.29, 1.82) is 0 Å². The van der Waals surface area contributed by atoms with Crippen molar-refractivity contribution < 1.29 is 14.3 Å². The molecule has 0 heterocycles. The minimum atomic E-state index is 0.240. The van der Waals surface area contributed by atoms with E-state index in [1.165, 1.54) is 22.3 Å². The van der Waals surface area contributed by atoms with Gasteiger partial charge in [-0.05, 0) is 72.7 Å². The van der Waals surface area contributed by atoms with Gasteiger partial charge in [0.15, 0.2) is 0 Å². The standard InChI is InChI=1S/C21H24O3/c1-14(22)4-9-21-19-10-7-17(23-2)12-15(19)5-6-16-13-18(24-3)8-11-20(16)21/h7-8,10-13,21H,4-6,9H2,1-3H3. The van der Waals surface area contributed by atoms with Gasteiger partial charge in [0, 0.05) is 12.3 Å². The highest BCUT2D eigenvalue weighted by molar-refractivity contribution is 5.75. The summed E-state index contributed by atoms with van der Waals surface area (Å²) in [5.74, 6) is 2.27. The van der Waals surface area contributed by atoms with Crippen molar-refractivity contribution in [1.82, 2.24) is 0 Å². The minimum absolute atomic E-state index is 0.240. The highest BCUT2D eigenvalue weighted by atomic mass is 16.5. The van der Waals surface area contributed by atoms with Crippen LogP contribution in [0.5, 0.6) is 11.5 Å². The second-order valence-electron chi connectivity index (χ2n) is 6.42. The number of carbonyl (C=O) groups excluding carboxylic acids is 1. The maximum Gasteiger partial charge on any atom is 0.129 e. The van der Waals surface area contributed by atoms with Gasteiger partial charge in [-0.25, -0.2) is 0 Å². The van der Waals surface area contributed by atoms with Gasteiger partial charge in [0.25, 0.3) is 0 Å². The molecular formula is C21H24O3.